The molecule has 1 fully saturated rings. The van der Waals surface area contributed by atoms with E-state index in [1.54, 1.807) is 7.05 Å². The molecule has 0 aromatic rings. The minimum Gasteiger partial charge on any atom is -0.358 e. The van der Waals surface area contributed by atoms with Gasteiger partial charge in [0.05, 0.1) is 0 Å². The smallest absolute Gasteiger partial charge is 0.238 e. The average molecular weight is 114 g/mol. The van der Waals surface area contributed by atoms with E-state index in [1.807, 2.05) is 11.9 Å². The maximum Gasteiger partial charge on any atom is 0.238 e. The summed E-state index contributed by atoms with van der Waals surface area (Å²) in [5.41, 5.74) is 0. The lowest BCUT2D eigenvalue weighted by Gasteiger charge is -1.92. The maximum atomic E-state index is 10.6. The van der Waals surface area contributed by atoms with Crippen molar-refractivity contribution in [3.8, 4) is 0 Å². The number of carbonyl (C=O) groups is 1. The van der Waals surface area contributed by atoms with Gasteiger partial charge in [-0.3, -0.25) is 9.69 Å². The molecular weight excluding hydrogens is 104 g/mol. The average Bonchev–Trinajstić information content (AvgIpc) is 2.45. The van der Waals surface area contributed by atoms with Gasteiger partial charge in [0.2, 0.25) is 5.91 Å². The van der Waals surface area contributed by atoms with Gasteiger partial charge in [0.15, 0.2) is 0 Å². The Bertz CT molecular complexity index is 113. The number of amides is 1. The van der Waals surface area contributed by atoms with Crippen molar-refractivity contribution >= 4 is 5.91 Å². The van der Waals surface area contributed by atoms with E-state index in [4.69, 9.17) is 0 Å². The predicted molar refractivity (Wildman–Crippen MR) is 30.5 cm³/mol. The predicted octanol–water partition coefficient (Wildman–Crippen LogP) is -0.954. The lowest BCUT2D eigenvalue weighted by molar-refractivity contribution is -0.120. The van der Waals surface area contributed by atoms with Gasteiger partial charge in [0.25, 0.3) is 0 Å². The zero-order valence-electron chi connectivity index (χ0n) is 5.14. The van der Waals surface area contributed by atoms with E-state index >= 15 is 0 Å². The number of hydrogen-bond acceptors (Lipinski definition) is 2. The van der Waals surface area contributed by atoms with E-state index in [-0.39, 0.29) is 11.9 Å². The molecular formula is C5H10N2O. The van der Waals surface area contributed by atoms with Crippen molar-refractivity contribution in [2.24, 2.45) is 0 Å². The number of likely N-dealkylation sites (N-methyl/N-ethyl adjacent to an activating group) is 2. The summed E-state index contributed by atoms with van der Waals surface area (Å²) in [5.74, 6) is 0.132. The third-order valence-electron chi connectivity index (χ3n) is 1.41. The highest BCUT2D eigenvalue weighted by Gasteiger charge is 2.35. The summed E-state index contributed by atoms with van der Waals surface area (Å²) in [4.78, 5) is 12.6. The summed E-state index contributed by atoms with van der Waals surface area (Å²) < 4.78 is 0. The lowest BCUT2D eigenvalue weighted by Crippen LogP contribution is -2.25. The van der Waals surface area contributed by atoms with Crippen molar-refractivity contribution < 1.29 is 4.79 Å². The van der Waals surface area contributed by atoms with Gasteiger partial charge in [0.1, 0.15) is 6.04 Å². The van der Waals surface area contributed by atoms with Crippen LogP contribution in [0.2, 0.25) is 0 Å². The highest BCUT2D eigenvalue weighted by molar-refractivity contribution is 5.84. The third-order valence-corrected chi connectivity index (χ3v) is 1.41. The molecule has 1 heterocycles. The zero-order valence-corrected chi connectivity index (χ0v) is 5.14. The second kappa shape index (κ2) is 1.74. The highest BCUT2D eigenvalue weighted by Crippen LogP contribution is 2.11. The molecule has 2 unspecified atom stereocenters. The van der Waals surface area contributed by atoms with Crippen LogP contribution in [-0.4, -0.2) is 37.5 Å². The molecule has 1 N–H and O–H groups in total. The van der Waals surface area contributed by atoms with Gasteiger partial charge in [-0.15, -0.1) is 0 Å². The number of carbonyl (C=O) groups excluding carboxylic acids is 1. The summed E-state index contributed by atoms with van der Waals surface area (Å²) in [7, 11) is 3.59. The Labute approximate surface area is 48.7 Å². The second-order valence-corrected chi connectivity index (χ2v) is 2.07. The summed E-state index contributed by atoms with van der Waals surface area (Å²) in [6.45, 7) is 0.916. The van der Waals surface area contributed by atoms with E-state index < -0.39 is 0 Å². The molecule has 1 aliphatic rings. The molecule has 0 aromatic heterocycles. The molecule has 0 aliphatic carbocycles. The molecule has 3 nitrogen and oxygen atoms in total. The molecule has 0 bridgehead atoms. The van der Waals surface area contributed by atoms with Crippen LogP contribution < -0.4 is 5.32 Å². The summed E-state index contributed by atoms with van der Waals surface area (Å²) in [6, 6.07) is 0.167. The van der Waals surface area contributed by atoms with Gasteiger partial charge in [-0.05, 0) is 7.05 Å². The third kappa shape index (κ3) is 0.816. The largest absolute Gasteiger partial charge is 0.358 e. The van der Waals surface area contributed by atoms with E-state index in [1.165, 1.54) is 0 Å². The van der Waals surface area contributed by atoms with Gasteiger partial charge in [-0.1, -0.05) is 0 Å². The van der Waals surface area contributed by atoms with Crippen LogP contribution in [0.1, 0.15) is 0 Å². The fraction of sp³-hybridized carbons (Fsp3) is 0.800. The van der Waals surface area contributed by atoms with E-state index in [9.17, 15) is 4.79 Å². The minimum atomic E-state index is 0.132. The summed E-state index contributed by atoms with van der Waals surface area (Å²) in [6.07, 6.45) is 0. The van der Waals surface area contributed by atoms with Gasteiger partial charge < -0.3 is 5.32 Å². The van der Waals surface area contributed by atoms with Crippen molar-refractivity contribution in [3.63, 3.8) is 0 Å². The standard InChI is InChI=1S/C5H10N2O/c1-6-5(8)4-3-7(4)2/h4H,3H2,1-2H3,(H,6,8). The Kier molecular flexibility index (Phi) is 1.21. The first-order chi connectivity index (χ1) is 3.75. The van der Waals surface area contributed by atoms with Crippen LogP contribution in [0.25, 0.3) is 0 Å². The van der Waals surface area contributed by atoms with Crippen LogP contribution in [0.3, 0.4) is 0 Å². The lowest BCUT2D eigenvalue weighted by atomic mass is 10.4. The van der Waals surface area contributed by atoms with E-state index in [2.05, 4.69) is 5.32 Å². The first-order valence-corrected chi connectivity index (χ1v) is 2.67. The molecule has 1 amide bonds. The van der Waals surface area contributed by atoms with Gasteiger partial charge in [0, 0.05) is 13.6 Å². The Hall–Kier alpha value is -0.570. The molecule has 46 valence electrons. The van der Waals surface area contributed by atoms with Gasteiger partial charge in [-0.25, -0.2) is 0 Å². The van der Waals surface area contributed by atoms with Crippen LogP contribution in [0.4, 0.5) is 0 Å². The zero-order chi connectivity index (χ0) is 6.15. The number of nitrogens with one attached hydrogen (secondary N) is 1. The van der Waals surface area contributed by atoms with Crippen LogP contribution in [-0.2, 0) is 4.79 Å². The van der Waals surface area contributed by atoms with Crippen LogP contribution >= 0.6 is 0 Å². The molecule has 1 rings (SSSR count). The van der Waals surface area contributed by atoms with Crippen molar-refractivity contribution in [2.75, 3.05) is 20.6 Å². The quantitative estimate of drug-likeness (QED) is 0.445. The molecule has 8 heavy (non-hydrogen) atoms. The first kappa shape index (κ1) is 5.56. The van der Waals surface area contributed by atoms with Crippen LogP contribution in [0, 0.1) is 0 Å². The normalized spacial score (nSPS) is 34.2. The monoisotopic (exact) mass is 114 g/mol. The fourth-order valence-corrected chi connectivity index (χ4v) is 0.675. The molecule has 0 aromatic carbocycles. The number of rotatable bonds is 1. The Morgan fingerprint density at radius 3 is 2.50 bits per heavy atom. The van der Waals surface area contributed by atoms with Gasteiger partial charge in [-0.2, -0.15) is 0 Å². The maximum absolute atomic E-state index is 10.6. The number of nitrogens with zero attached hydrogens (tertiary/aromatic N) is 1. The van der Waals surface area contributed by atoms with Crippen LogP contribution in [0.5, 0.6) is 0 Å². The van der Waals surface area contributed by atoms with E-state index in [0.29, 0.717) is 0 Å². The summed E-state index contributed by atoms with van der Waals surface area (Å²) >= 11 is 0. The van der Waals surface area contributed by atoms with Crippen LogP contribution in [0.15, 0.2) is 0 Å². The molecule has 2 atom stereocenters. The van der Waals surface area contributed by atoms with Crippen molar-refractivity contribution in [1.29, 1.82) is 0 Å². The Morgan fingerprint density at radius 2 is 2.38 bits per heavy atom. The molecule has 0 radical (unpaired) electrons. The fourth-order valence-electron chi connectivity index (χ4n) is 0.675. The highest BCUT2D eigenvalue weighted by atomic mass is 16.2. The van der Waals surface area contributed by atoms with Gasteiger partial charge >= 0.3 is 0 Å². The first-order valence-electron chi connectivity index (χ1n) is 2.67. The Balaban J connectivity index is 2.28. The Morgan fingerprint density at radius 1 is 1.88 bits per heavy atom. The second-order valence-electron chi connectivity index (χ2n) is 2.07. The molecule has 1 aliphatic heterocycles. The molecule has 1 saturated heterocycles. The molecule has 3 heteroatoms. The summed E-state index contributed by atoms with van der Waals surface area (Å²) in [5, 5.41) is 2.58. The van der Waals surface area contributed by atoms with Crippen molar-refractivity contribution in [2.45, 2.75) is 6.04 Å². The number of hydrogen-bond donors (Lipinski definition) is 1. The van der Waals surface area contributed by atoms with Crippen molar-refractivity contribution in [3.05, 3.63) is 0 Å². The van der Waals surface area contributed by atoms with Crippen molar-refractivity contribution in [1.82, 2.24) is 10.2 Å². The molecule has 0 spiro atoms. The molecule has 0 saturated carbocycles. The van der Waals surface area contributed by atoms with E-state index in [0.717, 1.165) is 6.54 Å². The topological polar surface area (TPSA) is 32.1 Å². The minimum absolute atomic E-state index is 0.132. The SMILES string of the molecule is CNC(=O)C1CN1C.